The lowest BCUT2D eigenvalue weighted by Gasteiger charge is -2.25. The van der Waals surface area contributed by atoms with Crippen molar-refractivity contribution < 1.29 is 4.79 Å². The summed E-state index contributed by atoms with van der Waals surface area (Å²) in [4.78, 5) is 12.0. The average molecular weight is 262 g/mol. The van der Waals surface area contributed by atoms with Gasteiger partial charge in [0, 0.05) is 11.6 Å². The fraction of sp³-hybridized carbons (Fsp3) is 0.562. The molecular weight excluding hydrogens is 236 g/mol. The second kappa shape index (κ2) is 6.20. The summed E-state index contributed by atoms with van der Waals surface area (Å²) in [5.41, 5.74) is 2.24. The van der Waals surface area contributed by atoms with Crippen LogP contribution in [0.3, 0.4) is 0 Å². The molecule has 1 aromatic carbocycles. The van der Waals surface area contributed by atoms with E-state index < -0.39 is 0 Å². The number of aryl methyl sites for hydroxylation is 1. The summed E-state index contributed by atoms with van der Waals surface area (Å²) >= 11 is 0. The summed E-state index contributed by atoms with van der Waals surface area (Å²) in [5, 5.41) is 6.32. The van der Waals surface area contributed by atoms with Gasteiger partial charge in [-0.15, -0.1) is 0 Å². The molecule has 0 aliphatic heterocycles. The van der Waals surface area contributed by atoms with Crippen molar-refractivity contribution in [3.8, 4) is 0 Å². The smallest absolute Gasteiger partial charge is 0.237 e. The molecule has 0 aromatic heterocycles. The highest BCUT2D eigenvalue weighted by atomic mass is 16.2. The number of hydrogen-bond donors (Lipinski definition) is 2. The van der Waals surface area contributed by atoms with E-state index in [1.165, 1.54) is 11.1 Å². The van der Waals surface area contributed by atoms with Crippen molar-refractivity contribution in [1.82, 2.24) is 10.6 Å². The fourth-order valence-electron chi connectivity index (χ4n) is 1.96. The number of carbonyl (C=O) groups excluding carboxylic acids is 1. The van der Waals surface area contributed by atoms with E-state index in [1.54, 1.807) is 0 Å². The minimum Gasteiger partial charge on any atom is -0.350 e. The highest BCUT2D eigenvalue weighted by Crippen LogP contribution is 2.14. The number of hydrogen-bond acceptors (Lipinski definition) is 2. The van der Waals surface area contributed by atoms with Gasteiger partial charge in [0.1, 0.15) is 0 Å². The molecule has 3 heteroatoms. The van der Waals surface area contributed by atoms with Crippen LogP contribution in [0.5, 0.6) is 0 Å². The number of rotatable bonds is 4. The molecule has 0 saturated carbocycles. The van der Waals surface area contributed by atoms with Gasteiger partial charge in [-0.25, -0.2) is 0 Å². The molecule has 2 atom stereocenters. The van der Waals surface area contributed by atoms with Gasteiger partial charge in [-0.1, -0.05) is 29.8 Å². The largest absolute Gasteiger partial charge is 0.350 e. The molecule has 1 amide bonds. The van der Waals surface area contributed by atoms with Gasteiger partial charge in [0.2, 0.25) is 5.91 Å². The van der Waals surface area contributed by atoms with E-state index in [4.69, 9.17) is 0 Å². The Hall–Kier alpha value is -1.35. The predicted octanol–water partition coefficient (Wildman–Crippen LogP) is 2.95. The Morgan fingerprint density at radius 3 is 2.37 bits per heavy atom. The van der Waals surface area contributed by atoms with Gasteiger partial charge >= 0.3 is 0 Å². The maximum atomic E-state index is 12.0. The summed E-state index contributed by atoms with van der Waals surface area (Å²) in [5.74, 6) is 0.0343. The maximum absolute atomic E-state index is 12.0. The summed E-state index contributed by atoms with van der Waals surface area (Å²) < 4.78 is 0. The van der Waals surface area contributed by atoms with Gasteiger partial charge in [-0.3, -0.25) is 10.1 Å². The SMILES string of the molecule is Cc1cccc([C@@H](C)NC(C)C(=O)NC(C)(C)C)c1. The molecule has 1 unspecified atom stereocenters. The predicted molar refractivity (Wildman–Crippen MR) is 80.1 cm³/mol. The number of amides is 1. The van der Waals surface area contributed by atoms with Crippen LogP contribution >= 0.6 is 0 Å². The van der Waals surface area contributed by atoms with E-state index in [1.807, 2.05) is 33.8 Å². The van der Waals surface area contributed by atoms with Gasteiger partial charge in [-0.2, -0.15) is 0 Å². The van der Waals surface area contributed by atoms with E-state index >= 15 is 0 Å². The second-order valence-corrected chi connectivity index (χ2v) is 6.26. The van der Waals surface area contributed by atoms with Crippen molar-refractivity contribution in [2.45, 2.75) is 59.2 Å². The Kier molecular flexibility index (Phi) is 5.12. The third-order valence-corrected chi connectivity index (χ3v) is 2.93. The van der Waals surface area contributed by atoms with Gasteiger partial charge in [-0.05, 0) is 47.1 Å². The lowest BCUT2D eigenvalue weighted by atomic mass is 10.0. The maximum Gasteiger partial charge on any atom is 0.237 e. The van der Waals surface area contributed by atoms with Gasteiger partial charge < -0.3 is 5.32 Å². The van der Waals surface area contributed by atoms with Crippen molar-refractivity contribution >= 4 is 5.91 Å². The summed E-state index contributed by atoms with van der Waals surface area (Å²) in [6.45, 7) is 12.0. The number of benzene rings is 1. The van der Waals surface area contributed by atoms with E-state index in [2.05, 4.69) is 42.7 Å². The molecular formula is C16H26N2O. The van der Waals surface area contributed by atoms with Crippen molar-refractivity contribution in [1.29, 1.82) is 0 Å². The van der Waals surface area contributed by atoms with Crippen molar-refractivity contribution in [2.75, 3.05) is 0 Å². The molecule has 0 fully saturated rings. The van der Waals surface area contributed by atoms with Crippen LogP contribution in [0.4, 0.5) is 0 Å². The van der Waals surface area contributed by atoms with Crippen LogP contribution in [0.1, 0.15) is 51.8 Å². The van der Waals surface area contributed by atoms with Gasteiger partial charge in [0.25, 0.3) is 0 Å². The minimum absolute atomic E-state index is 0.0343. The van der Waals surface area contributed by atoms with Crippen LogP contribution in [0.25, 0.3) is 0 Å². The molecule has 3 nitrogen and oxygen atoms in total. The van der Waals surface area contributed by atoms with Crippen LogP contribution in [0.15, 0.2) is 24.3 Å². The molecule has 0 aliphatic rings. The molecule has 2 N–H and O–H groups in total. The summed E-state index contributed by atoms with van der Waals surface area (Å²) in [6.07, 6.45) is 0. The number of nitrogens with one attached hydrogen (secondary N) is 2. The molecule has 0 radical (unpaired) electrons. The van der Waals surface area contributed by atoms with E-state index in [9.17, 15) is 4.79 Å². The third-order valence-electron chi connectivity index (χ3n) is 2.93. The summed E-state index contributed by atoms with van der Waals surface area (Å²) in [6, 6.07) is 8.29. The normalized spacial score (nSPS) is 14.8. The monoisotopic (exact) mass is 262 g/mol. The molecule has 106 valence electrons. The fourth-order valence-corrected chi connectivity index (χ4v) is 1.96. The van der Waals surface area contributed by atoms with Crippen molar-refractivity contribution in [3.63, 3.8) is 0 Å². The molecule has 1 aromatic rings. The van der Waals surface area contributed by atoms with Crippen LogP contribution in [0.2, 0.25) is 0 Å². The Bertz CT molecular complexity index is 435. The zero-order valence-electron chi connectivity index (χ0n) is 12.9. The van der Waals surface area contributed by atoms with Crippen molar-refractivity contribution in [3.05, 3.63) is 35.4 Å². The highest BCUT2D eigenvalue weighted by molar-refractivity contribution is 5.81. The number of carbonyl (C=O) groups is 1. The zero-order chi connectivity index (χ0) is 14.6. The molecule has 0 aliphatic carbocycles. The Labute approximate surface area is 116 Å². The van der Waals surface area contributed by atoms with Crippen molar-refractivity contribution in [2.24, 2.45) is 0 Å². The quantitative estimate of drug-likeness (QED) is 0.876. The zero-order valence-corrected chi connectivity index (χ0v) is 12.9. The second-order valence-electron chi connectivity index (χ2n) is 6.26. The minimum atomic E-state index is -0.213. The molecule has 0 saturated heterocycles. The topological polar surface area (TPSA) is 41.1 Å². The lowest BCUT2D eigenvalue weighted by Crippen LogP contribution is -2.49. The molecule has 0 bridgehead atoms. The van der Waals surface area contributed by atoms with E-state index in [-0.39, 0.29) is 23.5 Å². The molecule has 1 rings (SSSR count). The molecule has 0 spiro atoms. The van der Waals surface area contributed by atoms with E-state index in [0.717, 1.165) is 0 Å². The first-order valence-corrected chi connectivity index (χ1v) is 6.83. The lowest BCUT2D eigenvalue weighted by molar-refractivity contribution is -0.124. The first-order valence-electron chi connectivity index (χ1n) is 6.83. The Morgan fingerprint density at radius 2 is 1.84 bits per heavy atom. The summed E-state index contributed by atoms with van der Waals surface area (Å²) in [7, 11) is 0. The van der Waals surface area contributed by atoms with Gasteiger partial charge in [0.05, 0.1) is 6.04 Å². The van der Waals surface area contributed by atoms with Crippen LogP contribution in [-0.2, 0) is 4.79 Å². The average Bonchev–Trinajstić information content (AvgIpc) is 2.26. The third kappa shape index (κ3) is 5.43. The van der Waals surface area contributed by atoms with Crippen LogP contribution in [-0.4, -0.2) is 17.5 Å². The molecule has 19 heavy (non-hydrogen) atoms. The van der Waals surface area contributed by atoms with Crippen LogP contribution < -0.4 is 10.6 Å². The molecule has 0 heterocycles. The standard InChI is InChI=1S/C16H26N2O/c1-11-8-7-9-14(10-11)12(2)17-13(3)15(19)18-16(4,5)6/h7-10,12-13,17H,1-6H3,(H,18,19)/t12-,13?/m1/s1. The first kappa shape index (κ1) is 15.7. The Balaban J connectivity index is 2.61. The van der Waals surface area contributed by atoms with E-state index in [0.29, 0.717) is 0 Å². The first-order chi connectivity index (χ1) is 8.69. The van der Waals surface area contributed by atoms with Crippen LogP contribution in [0, 0.1) is 6.92 Å². The highest BCUT2D eigenvalue weighted by Gasteiger charge is 2.20. The Morgan fingerprint density at radius 1 is 1.21 bits per heavy atom. The van der Waals surface area contributed by atoms with Gasteiger partial charge in [0.15, 0.2) is 0 Å².